The highest BCUT2D eigenvalue weighted by Gasteiger charge is 2.15. The maximum atomic E-state index is 5.03. The van der Waals surface area contributed by atoms with Crippen LogP contribution < -0.4 is 0 Å². The summed E-state index contributed by atoms with van der Waals surface area (Å²) >= 11 is 0. The molecule has 0 bridgehead atoms. The number of hydrogen-bond acceptors (Lipinski definition) is 3. The lowest BCUT2D eigenvalue weighted by atomic mass is 10.00. The first-order valence-corrected chi connectivity index (χ1v) is 19.9. The minimum atomic E-state index is 0.635. The molecule has 9 aromatic carbocycles. The number of hydrogen-bond donors (Lipinski definition) is 0. The van der Waals surface area contributed by atoms with E-state index in [1.807, 2.05) is 30.3 Å². The molecular weight excluding hydrogens is 717 g/mol. The van der Waals surface area contributed by atoms with Crippen LogP contribution in [0.3, 0.4) is 0 Å². The average molecular weight is 753 g/mol. The smallest absolute Gasteiger partial charge is 0.164 e. The van der Waals surface area contributed by atoms with Crippen molar-refractivity contribution in [2.75, 3.05) is 0 Å². The zero-order valence-electron chi connectivity index (χ0n) is 32.1. The van der Waals surface area contributed by atoms with E-state index >= 15 is 0 Å². The van der Waals surface area contributed by atoms with Gasteiger partial charge in [0.2, 0.25) is 0 Å². The van der Waals surface area contributed by atoms with Gasteiger partial charge in [0.1, 0.15) is 0 Å². The van der Waals surface area contributed by atoms with Crippen molar-refractivity contribution in [3.63, 3.8) is 0 Å². The molecule has 276 valence electrons. The van der Waals surface area contributed by atoms with Crippen LogP contribution in [-0.2, 0) is 0 Å². The molecule has 0 aliphatic rings. The molecule has 0 fully saturated rings. The Hall–Kier alpha value is -7.95. The topological polar surface area (TPSA) is 43.6 Å². The van der Waals surface area contributed by atoms with E-state index in [1.54, 1.807) is 0 Å². The van der Waals surface area contributed by atoms with Crippen LogP contribution in [0.1, 0.15) is 0 Å². The summed E-state index contributed by atoms with van der Waals surface area (Å²) < 4.78 is 2.37. The normalized spacial score (nSPS) is 11.4. The van der Waals surface area contributed by atoms with Gasteiger partial charge in [0.25, 0.3) is 0 Å². The third-order valence-corrected chi connectivity index (χ3v) is 11.3. The van der Waals surface area contributed by atoms with Crippen molar-refractivity contribution < 1.29 is 0 Å². The number of benzene rings is 9. The van der Waals surface area contributed by atoms with E-state index < -0.39 is 0 Å². The largest absolute Gasteiger partial charge is 0.309 e. The van der Waals surface area contributed by atoms with Crippen LogP contribution in [0.15, 0.2) is 218 Å². The summed E-state index contributed by atoms with van der Waals surface area (Å²) in [5.41, 5.74) is 13.3. The minimum Gasteiger partial charge on any atom is -0.309 e. The van der Waals surface area contributed by atoms with Crippen LogP contribution in [0.25, 0.3) is 106 Å². The average Bonchev–Trinajstić information content (AvgIpc) is 3.65. The third-order valence-electron chi connectivity index (χ3n) is 11.3. The second kappa shape index (κ2) is 14.5. The van der Waals surface area contributed by atoms with Crippen LogP contribution in [0.4, 0.5) is 0 Å². The standard InChI is InChI=1S/C55H36N4/c1-3-11-37(12-4-1)47-31-34-52-50(36-47)49-17-9-10-18-51(49)59(52)48-32-29-40(30-33-48)39-19-24-43(25-20-39)54-56-53(42-14-5-2-6-15-42)57-55(58-54)44-26-21-41(22-27-44)46-28-23-38-13-7-8-16-45(38)35-46/h1-36H. The number of rotatable bonds is 7. The van der Waals surface area contributed by atoms with Gasteiger partial charge < -0.3 is 4.57 Å². The van der Waals surface area contributed by atoms with Gasteiger partial charge >= 0.3 is 0 Å². The molecule has 2 heterocycles. The van der Waals surface area contributed by atoms with Crippen molar-refractivity contribution in [1.29, 1.82) is 0 Å². The van der Waals surface area contributed by atoms with Crippen molar-refractivity contribution in [2.24, 2.45) is 0 Å². The van der Waals surface area contributed by atoms with E-state index in [0.717, 1.165) is 39.1 Å². The third kappa shape index (κ3) is 6.43. The van der Waals surface area contributed by atoms with Crippen LogP contribution in [0.2, 0.25) is 0 Å². The monoisotopic (exact) mass is 752 g/mol. The number of fused-ring (bicyclic) bond motifs is 4. The molecule has 11 aromatic rings. The van der Waals surface area contributed by atoms with E-state index in [-0.39, 0.29) is 0 Å². The molecule has 59 heavy (non-hydrogen) atoms. The predicted octanol–water partition coefficient (Wildman–Crippen LogP) is 14.1. The molecule has 11 rings (SSSR count). The Labute approximate surface area is 342 Å². The highest BCUT2D eigenvalue weighted by molar-refractivity contribution is 6.10. The minimum absolute atomic E-state index is 0.635. The molecule has 0 aliphatic carbocycles. The zero-order valence-corrected chi connectivity index (χ0v) is 32.1. The molecule has 2 aromatic heterocycles. The fourth-order valence-electron chi connectivity index (χ4n) is 8.21. The number of para-hydroxylation sites is 1. The summed E-state index contributed by atoms with van der Waals surface area (Å²) in [6.07, 6.45) is 0. The lowest BCUT2D eigenvalue weighted by molar-refractivity contribution is 1.07. The molecule has 0 radical (unpaired) electrons. The molecule has 0 unspecified atom stereocenters. The highest BCUT2D eigenvalue weighted by Crippen LogP contribution is 2.36. The van der Waals surface area contributed by atoms with Gasteiger partial charge in [-0.05, 0) is 80.6 Å². The zero-order chi connectivity index (χ0) is 39.1. The molecule has 0 atom stereocenters. The van der Waals surface area contributed by atoms with E-state index in [0.29, 0.717) is 17.5 Å². The molecule has 0 amide bonds. The van der Waals surface area contributed by atoms with Crippen LogP contribution in [0.5, 0.6) is 0 Å². The molecule has 0 spiro atoms. The van der Waals surface area contributed by atoms with Crippen molar-refractivity contribution >= 4 is 32.6 Å². The molecular formula is C55H36N4. The van der Waals surface area contributed by atoms with Crippen LogP contribution in [0, 0.1) is 0 Å². The molecule has 4 heteroatoms. The Kier molecular flexibility index (Phi) is 8.45. The lowest BCUT2D eigenvalue weighted by Gasteiger charge is -2.11. The fourth-order valence-corrected chi connectivity index (χ4v) is 8.21. The van der Waals surface area contributed by atoms with Gasteiger partial charge in [-0.3, -0.25) is 0 Å². The van der Waals surface area contributed by atoms with Crippen LogP contribution >= 0.6 is 0 Å². The van der Waals surface area contributed by atoms with E-state index in [9.17, 15) is 0 Å². The Morgan fingerprint density at radius 1 is 0.254 bits per heavy atom. The Morgan fingerprint density at radius 3 is 1.31 bits per heavy atom. The molecule has 0 aliphatic heterocycles. The second-order valence-electron chi connectivity index (χ2n) is 14.9. The summed E-state index contributed by atoms with van der Waals surface area (Å²) in [5.74, 6) is 1.92. The van der Waals surface area contributed by atoms with Crippen molar-refractivity contribution in [1.82, 2.24) is 19.5 Å². The number of nitrogens with zero attached hydrogens (tertiary/aromatic N) is 4. The Balaban J connectivity index is 0.907. The fraction of sp³-hybridized carbons (Fsp3) is 0. The number of aromatic nitrogens is 4. The maximum Gasteiger partial charge on any atom is 0.164 e. The van der Waals surface area contributed by atoms with Crippen molar-refractivity contribution in [3.8, 4) is 73.2 Å². The van der Waals surface area contributed by atoms with E-state index in [2.05, 4.69) is 193 Å². The van der Waals surface area contributed by atoms with Gasteiger partial charge in [-0.25, -0.2) is 15.0 Å². The molecule has 4 nitrogen and oxygen atoms in total. The van der Waals surface area contributed by atoms with Gasteiger partial charge in [-0.2, -0.15) is 0 Å². The van der Waals surface area contributed by atoms with E-state index in [4.69, 9.17) is 15.0 Å². The summed E-state index contributed by atoms with van der Waals surface area (Å²) in [6, 6.07) is 77.1. The van der Waals surface area contributed by atoms with Gasteiger partial charge in [0.15, 0.2) is 17.5 Å². The van der Waals surface area contributed by atoms with Gasteiger partial charge in [0.05, 0.1) is 11.0 Å². The quantitative estimate of drug-likeness (QED) is 0.163. The summed E-state index contributed by atoms with van der Waals surface area (Å²) in [6.45, 7) is 0. The maximum absolute atomic E-state index is 5.03. The Morgan fingerprint density at radius 2 is 0.661 bits per heavy atom. The summed E-state index contributed by atoms with van der Waals surface area (Å²) in [4.78, 5) is 15.0. The first-order chi connectivity index (χ1) is 29.2. The summed E-state index contributed by atoms with van der Waals surface area (Å²) in [5, 5.41) is 4.95. The van der Waals surface area contributed by atoms with Crippen molar-refractivity contribution in [3.05, 3.63) is 218 Å². The van der Waals surface area contributed by atoms with Gasteiger partial charge in [-0.1, -0.05) is 182 Å². The first kappa shape index (κ1) is 34.3. The lowest BCUT2D eigenvalue weighted by Crippen LogP contribution is -2.00. The van der Waals surface area contributed by atoms with E-state index in [1.165, 1.54) is 49.3 Å². The summed E-state index contributed by atoms with van der Waals surface area (Å²) in [7, 11) is 0. The SMILES string of the molecule is c1ccc(-c2ccc3c(c2)c2ccccc2n3-c2ccc(-c3ccc(-c4nc(-c5ccccc5)nc(-c5ccc(-c6ccc7ccccc7c6)cc5)n4)cc3)cc2)cc1. The Bertz CT molecular complexity index is 3280. The molecule has 0 saturated carbocycles. The van der Waals surface area contributed by atoms with Crippen LogP contribution in [-0.4, -0.2) is 19.5 Å². The second-order valence-corrected chi connectivity index (χ2v) is 14.9. The molecule has 0 N–H and O–H groups in total. The first-order valence-electron chi connectivity index (χ1n) is 19.9. The predicted molar refractivity (Wildman–Crippen MR) is 244 cm³/mol. The van der Waals surface area contributed by atoms with Gasteiger partial charge in [-0.15, -0.1) is 0 Å². The molecule has 0 saturated heterocycles. The highest BCUT2D eigenvalue weighted by atomic mass is 15.0. The van der Waals surface area contributed by atoms with Gasteiger partial charge in [0, 0.05) is 33.2 Å². The van der Waals surface area contributed by atoms with Crippen molar-refractivity contribution in [2.45, 2.75) is 0 Å².